The number of ether oxygens (including phenoxy) is 2. The zero-order chi connectivity index (χ0) is 24.8. The summed E-state index contributed by atoms with van der Waals surface area (Å²) in [4.78, 5) is 27.9. The number of nitrogens with zero attached hydrogens (tertiary/aromatic N) is 1. The maximum absolute atomic E-state index is 13.3. The Morgan fingerprint density at radius 1 is 0.914 bits per heavy atom. The molecule has 4 rings (SSSR count). The summed E-state index contributed by atoms with van der Waals surface area (Å²) < 4.78 is 11.3. The first-order chi connectivity index (χ1) is 17.1. The van der Waals surface area contributed by atoms with Crippen molar-refractivity contribution in [3.63, 3.8) is 0 Å². The van der Waals surface area contributed by atoms with E-state index in [0.717, 1.165) is 19.3 Å². The molecule has 0 bridgehead atoms. The predicted octanol–water partition coefficient (Wildman–Crippen LogP) is 5.89. The van der Waals surface area contributed by atoms with Crippen LogP contribution in [0.1, 0.15) is 43.4 Å². The largest absolute Gasteiger partial charge is 0.507 e. The number of amides is 1. The summed E-state index contributed by atoms with van der Waals surface area (Å²) in [5, 5.41) is 11.3. The number of benzene rings is 3. The van der Waals surface area contributed by atoms with Gasteiger partial charge in [0.05, 0.1) is 25.3 Å². The van der Waals surface area contributed by atoms with E-state index in [1.807, 2.05) is 18.2 Å². The van der Waals surface area contributed by atoms with Crippen LogP contribution in [0.3, 0.4) is 0 Å². The molecule has 1 saturated heterocycles. The van der Waals surface area contributed by atoms with Gasteiger partial charge in [0.15, 0.2) is 0 Å². The predicted molar refractivity (Wildman–Crippen MR) is 136 cm³/mol. The number of unbranched alkanes of at least 4 members (excludes halogenated alkanes) is 2. The van der Waals surface area contributed by atoms with E-state index in [-0.39, 0.29) is 11.3 Å². The number of hydrogen-bond donors (Lipinski definition) is 1. The molecule has 180 valence electrons. The van der Waals surface area contributed by atoms with E-state index < -0.39 is 17.7 Å². The van der Waals surface area contributed by atoms with Gasteiger partial charge in [0.2, 0.25) is 0 Å². The number of ketones is 1. The van der Waals surface area contributed by atoms with Crippen molar-refractivity contribution >= 4 is 23.1 Å². The highest BCUT2D eigenvalue weighted by Crippen LogP contribution is 2.44. The molecule has 1 amide bonds. The summed E-state index contributed by atoms with van der Waals surface area (Å²) in [6, 6.07) is 22.2. The van der Waals surface area contributed by atoms with Crippen LogP contribution in [0.4, 0.5) is 5.69 Å². The minimum absolute atomic E-state index is 0.0139. The van der Waals surface area contributed by atoms with E-state index in [2.05, 4.69) is 6.92 Å². The van der Waals surface area contributed by atoms with Gasteiger partial charge >= 0.3 is 0 Å². The summed E-state index contributed by atoms with van der Waals surface area (Å²) in [7, 11) is 1.53. The van der Waals surface area contributed by atoms with Crippen molar-refractivity contribution in [2.45, 2.75) is 32.2 Å². The fourth-order valence-corrected chi connectivity index (χ4v) is 4.28. The summed E-state index contributed by atoms with van der Waals surface area (Å²) in [6.07, 6.45) is 3.19. The lowest BCUT2D eigenvalue weighted by atomic mass is 9.94. The highest BCUT2D eigenvalue weighted by atomic mass is 16.5. The Morgan fingerprint density at radius 2 is 1.60 bits per heavy atom. The van der Waals surface area contributed by atoms with E-state index in [4.69, 9.17) is 9.47 Å². The molecule has 1 unspecified atom stereocenters. The molecule has 3 aromatic carbocycles. The first kappa shape index (κ1) is 24.1. The van der Waals surface area contributed by atoms with Crippen LogP contribution < -0.4 is 14.4 Å². The molecule has 1 aliphatic rings. The Balaban J connectivity index is 1.78. The standard InChI is InChI=1S/C29H29NO5/c1-3-4-10-19-35-22-17-15-20(16-18-22)27(31)25-26(23-13-8-9-14-24(23)34-2)30(29(33)28(25)32)21-11-6-5-7-12-21/h5-9,11-18,26,31H,3-4,10,19H2,1-2H3/b27-25-. The Hall–Kier alpha value is -4.06. The third-order valence-corrected chi connectivity index (χ3v) is 6.06. The van der Waals surface area contributed by atoms with Crippen LogP contribution in [0.25, 0.3) is 5.76 Å². The summed E-state index contributed by atoms with van der Waals surface area (Å²) in [5.74, 6) is -0.493. The van der Waals surface area contributed by atoms with Crippen LogP contribution in [-0.4, -0.2) is 30.5 Å². The molecule has 0 saturated carbocycles. The number of aliphatic hydroxyl groups is 1. The quantitative estimate of drug-likeness (QED) is 0.182. The maximum atomic E-state index is 13.3. The number of para-hydroxylation sites is 2. The zero-order valence-corrected chi connectivity index (χ0v) is 19.9. The minimum atomic E-state index is -0.849. The van der Waals surface area contributed by atoms with Crippen LogP contribution >= 0.6 is 0 Å². The van der Waals surface area contributed by atoms with Crippen molar-refractivity contribution in [3.05, 3.63) is 95.6 Å². The average molecular weight is 472 g/mol. The summed E-state index contributed by atoms with van der Waals surface area (Å²) in [6.45, 7) is 2.76. The minimum Gasteiger partial charge on any atom is -0.507 e. The second-order valence-corrected chi connectivity index (χ2v) is 8.33. The van der Waals surface area contributed by atoms with Gasteiger partial charge in [-0.1, -0.05) is 56.2 Å². The molecule has 0 radical (unpaired) electrons. The number of carbonyl (C=O) groups is 2. The number of Topliss-reactive ketones (excluding diaryl/α,β-unsaturated/α-hetero) is 1. The third kappa shape index (κ3) is 4.92. The third-order valence-electron chi connectivity index (χ3n) is 6.06. The van der Waals surface area contributed by atoms with E-state index >= 15 is 0 Å². The summed E-state index contributed by atoms with van der Waals surface area (Å²) in [5.41, 5.74) is 1.60. The SMILES string of the molecule is CCCCCOc1ccc(/C(O)=C2/C(=O)C(=O)N(c3ccccc3)C2c2ccccc2OC)cc1. The molecule has 1 aliphatic heterocycles. The molecule has 1 fully saturated rings. The lowest BCUT2D eigenvalue weighted by molar-refractivity contribution is -0.132. The smallest absolute Gasteiger partial charge is 0.300 e. The van der Waals surface area contributed by atoms with Crippen molar-refractivity contribution in [3.8, 4) is 11.5 Å². The van der Waals surface area contributed by atoms with Gasteiger partial charge in [0.1, 0.15) is 17.3 Å². The van der Waals surface area contributed by atoms with Crippen LogP contribution in [0.15, 0.2) is 84.4 Å². The average Bonchev–Trinajstić information content (AvgIpc) is 3.17. The van der Waals surface area contributed by atoms with Gasteiger partial charge in [-0.2, -0.15) is 0 Å². The second kappa shape index (κ2) is 10.9. The molecule has 6 heteroatoms. The van der Waals surface area contributed by atoms with E-state index in [1.54, 1.807) is 60.7 Å². The van der Waals surface area contributed by atoms with Gasteiger partial charge in [-0.15, -0.1) is 0 Å². The van der Waals surface area contributed by atoms with Gasteiger partial charge in [-0.3, -0.25) is 14.5 Å². The van der Waals surface area contributed by atoms with Crippen LogP contribution in [0.2, 0.25) is 0 Å². The van der Waals surface area contributed by atoms with Crippen molar-refractivity contribution in [2.75, 3.05) is 18.6 Å². The highest BCUT2D eigenvalue weighted by Gasteiger charge is 2.47. The maximum Gasteiger partial charge on any atom is 0.300 e. The highest BCUT2D eigenvalue weighted by molar-refractivity contribution is 6.51. The Labute approximate surface area is 205 Å². The molecule has 1 atom stereocenters. The topological polar surface area (TPSA) is 76.1 Å². The molecule has 35 heavy (non-hydrogen) atoms. The number of methoxy groups -OCH3 is 1. The van der Waals surface area contributed by atoms with E-state index in [0.29, 0.717) is 34.9 Å². The first-order valence-electron chi connectivity index (χ1n) is 11.8. The molecule has 0 spiro atoms. The lowest BCUT2D eigenvalue weighted by Gasteiger charge is -2.26. The zero-order valence-electron chi connectivity index (χ0n) is 19.9. The Morgan fingerprint density at radius 3 is 2.29 bits per heavy atom. The van der Waals surface area contributed by atoms with Gasteiger partial charge < -0.3 is 14.6 Å². The van der Waals surface area contributed by atoms with Crippen molar-refractivity contribution < 1.29 is 24.2 Å². The second-order valence-electron chi connectivity index (χ2n) is 8.33. The van der Waals surface area contributed by atoms with Crippen LogP contribution in [-0.2, 0) is 9.59 Å². The molecular formula is C29H29NO5. The fourth-order valence-electron chi connectivity index (χ4n) is 4.28. The van der Waals surface area contributed by atoms with Gasteiger partial charge in [-0.25, -0.2) is 0 Å². The Bertz CT molecular complexity index is 1220. The number of carbonyl (C=O) groups excluding carboxylic acids is 2. The molecule has 0 aromatic heterocycles. The number of hydrogen-bond acceptors (Lipinski definition) is 5. The fraction of sp³-hybridized carbons (Fsp3) is 0.241. The lowest BCUT2D eigenvalue weighted by Crippen LogP contribution is -2.29. The monoisotopic (exact) mass is 471 g/mol. The molecule has 3 aromatic rings. The van der Waals surface area contributed by atoms with Gasteiger partial charge in [0, 0.05) is 16.8 Å². The molecule has 1 N–H and O–H groups in total. The molecule has 0 aliphatic carbocycles. The number of anilines is 1. The molecule has 6 nitrogen and oxygen atoms in total. The van der Waals surface area contributed by atoms with Gasteiger partial charge in [0.25, 0.3) is 11.7 Å². The van der Waals surface area contributed by atoms with E-state index in [9.17, 15) is 14.7 Å². The van der Waals surface area contributed by atoms with Crippen LogP contribution in [0, 0.1) is 0 Å². The normalized spacial score (nSPS) is 17.0. The molecule has 1 heterocycles. The molecular weight excluding hydrogens is 442 g/mol. The van der Waals surface area contributed by atoms with Crippen molar-refractivity contribution in [1.29, 1.82) is 0 Å². The summed E-state index contributed by atoms with van der Waals surface area (Å²) >= 11 is 0. The van der Waals surface area contributed by atoms with Crippen molar-refractivity contribution in [2.24, 2.45) is 0 Å². The van der Waals surface area contributed by atoms with E-state index in [1.165, 1.54) is 12.0 Å². The number of aliphatic hydroxyl groups excluding tert-OH is 1. The first-order valence-corrected chi connectivity index (χ1v) is 11.8. The van der Waals surface area contributed by atoms with Crippen LogP contribution in [0.5, 0.6) is 11.5 Å². The van der Waals surface area contributed by atoms with Gasteiger partial charge in [-0.05, 0) is 48.9 Å². The number of rotatable bonds is 9. The van der Waals surface area contributed by atoms with Crippen molar-refractivity contribution in [1.82, 2.24) is 0 Å². The Kier molecular flexibility index (Phi) is 7.51.